The fourth-order valence-corrected chi connectivity index (χ4v) is 7.53. The lowest BCUT2D eigenvalue weighted by molar-refractivity contribution is -0.0648. The Kier molecular flexibility index (Phi) is 6.64. The van der Waals surface area contributed by atoms with E-state index in [1.165, 1.54) is 63.0 Å². The first-order valence-electron chi connectivity index (χ1n) is 14.1. The SMILES string of the molecule is CC(C)c1ccccc1C1CN(CC2CCOc3ccccc32)CCN1C1CC2(CCNCC2)C1. The number of piperazine rings is 1. The van der Waals surface area contributed by atoms with E-state index in [0.29, 0.717) is 23.3 Å². The second-order valence-electron chi connectivity index (χ2n) is 12.0. The van der Waals surface area contributed by atoms with Gasteiger partial charge in [0.05, 0.1) is 6.61 Å². The van der Waals surface area contributed by atoms with Crippen LogP contribution in [-0.2, 0) is 0 Å². The zero-order chi connectivity index (χ0) is 23.8. The first kappa shape index (κ1) is 23.5. The van der Waals surface area contributed by atoms with Crippen molar-refractivity contribution in [1.29, 1.82) is 0 Å². The molecule has 188 valence electrons. The van der Waals surface area contributed by atoms with Crippen LogP contribution in [0.15, 0.2) is 48.5 Å². The third-order valence-corrected chi connectivity index (χ3v) is 9.51. The van der Waals surface area contributed by atoms with Crippen LogP contribution in [0.1, 0.15) is 80.5 Å². The quantitative estimate of drug-likeness (QED) is 0.615. The lowest BCUT2D eigenvalue weighted by Gasteiger charge is -2.57. The van der Waals surface area contributed by atoms with Crippen molar-refractivity contribution in [2.75, 3.05) is 45.9 Å². The van der Waals surface area contributed by atoms with Crippen LogP contribution in [0.25, 0.3) is 0 Å². The Balaban J connectivity index is 1.23. The Morgan fingerprint density at radius 1 is 0.971 bits per heavy atom. The number of rotatable bonds is 5. The first-order chi connectivity index (χ1) is 17.1. The molecule has 3 aliphatic heterocycles. The molecule has 0 aromatic heterocycles. The molecule has 0 radical (unpaired) electrons. The molecule has 2 saturated heterocycles. The Labute approximate surface area is 212 Å². The molecule has 0 bridgehead atoms. The number of para-hydroxylation sites is 1. The smallest absolute Gasteiger partial charge is 0.122 e. The minimum Gasteiger partial charge on any atom is -0.493 e. The van der Waals surface area contributed by atoms with Crippen LogP contribution in [0.3, 0.4) is 0 Å². The summed E-state index contributed by atoms with van der Waals surface area (Å²) < 4.78 is 5.97. The van der Waals surface area contributed by atoms with Gasteiger partial charge in [-0.15, -0.1) is 0 Å². The van der Waals surface area contributed by atoms with Crippen LogP contribution in [0.4, 0.5) is 0 Å². The van der Waals surface area contributed by atoms with Gasteiger partial charge in [-0.2, -0.15) is 0 Å². The maximum Gasteiger partial charge on any atom is 0.122 e. The second-order valence-corrected chi connectivity index (χ2v) is 12.0. The van der Waals surface area contributed by atoms with Gasteiger partial charge in [0, 0.05) is 44.2 Å². The van der Waals surface area contributed by atoms with Crippen molar-refractivity contribution in [2.24, 2.45) is 5.41 Å². The molecule has 3 heterocycles. The van der Waals surface area contributed by atoms with E-state index in [0.717, 1.165) is 37.9 Å². The summed E-state index contributed by atoms with van der Waals surface area (Å²) in [4.78, 5) is 5.69. The standard InChI is InChI=1S/C31H43N3O/c1-23(2)26-7-3-4-9-28(26)29-22-33(21-24-11-18-35-30-10-6-5-8-27(24)30)16-17-34(29)25-19-31(20-25)12-14-32-15-13-31/h3-10,23-25,29,32H,11-22H2,1-2H3. The molecule has 1 spiro atoms. The van der Waals surface area contributed by atoms with Crippen molar-refractivity contribution in [3.8, 4) is 5.75 Å². The van der Waals surface area contributed by atoms with E-state index in [9.17, 15) is 0 Å². The molecule has 1 N–H and O–H groups in total. The number of piperidine rings is 1. The van der Waals surface area contributed by atoms with Gasteiger partial charge >= 0.3 is 0 Å². The third-order valence-electron chi connectivity index (χ3n) is 9.51. The summed E-state index contributed by atoms with van der Waals surface area (Å²) >= 11 is 0. The van der Waals surface area contributed by atoms with Crippen molar-refractivity contribution < 1.29 is 4.74 Å². The van der Waals surface area contributed by atoms with E-state index >= 15 is 0 Å². The molecule has 4 heteroatoms. The monoisotopic (exact) mass is 473 g/mol. The Bertz CT molecular complexity index is 1010. The van der Waals surface area contributed by atoms with Crippen LogP contribution >= 0.6 is 0 Å². The van der Waals surface area contributed by atoms with Gasteiger partial charge in [0.1, 0.15) is 5.75 Å². The van der Waals surface area contributed by atoms with Crippen molar-refractivity contribution in [3.05, 3.63) is 65.2 Å². The minimum atomic E-state index is 0.501. The lowest BCUT2D eigenvalue weighted by atomic mass is 9.60. The number of hydrogen-bond donors (Lipinski definition) is 1. The summed E-state index contributed by atoms with van der Waals surface area (Å²) in [5.41, 5.74) is 5.15. The van der Waals surface area contributed by atoms with Crippen LogP contribution in [-0.4, -0.2) is 61.7 Å². The average Bonchev–Trinajstić information content (AvgIpc) is 2.88. The van der Waals surface area contributed by atoms with Gasteiger partial charge in [-0.25, -0.2) is 0 Å². The highest BCUT2D eigenvalue weighted by Crippen LogP contribution is 2.52. The first-order valence-corrected chi connectivity index (χ1v) is 14.1. The molecule has 6 rings (SSSR count). The van der Waals surface area contributed by atoms with Gasteiger partial charge in [0.15, 0.2) is 0 Å². The van der Waals surface area contributed by atoms with Crippen molar-refractivity contribution in [3.63, 3.8) is 0 Å². The number of fused-ring (bicyclic) bond motifs is 1. The number of hydrogen-bond acceptors (Lipinski definition) is 4. The highest BCUT2D eigenvalue weighted by atomic mass is 16.5. The third kappa shape index (κ3) is 4.65. The molecule has 0 amide bonds. The summed E-state index contributed by atoms with van der Waals surface area (Å²) in [5, 5.41) is 3.58. The summed E-state index contributed by atoms with van der Waals surface area (Å²) in [6, 6.07) is 19.3. The predicted molar refractivity (Wildman–Crippen MR) is 143 cm³/mol. The van der Waals surface area contributed by atoms with E-state index in [2.05, 4.69) is 77.5 Å². The molecule has 4 aliphatic rings. The van der Waals surface area contributed by atoms with Crippen LogP contribution in [0.2, 0.25) is 0 Å². The van der Waals surface area contributed by atoms with Gasteiger partial charge in [-0.3, -0.25) is 9.80 Å². The van der Waals surface area contributed by atoms with E-state index in [-0.39, 0.29) is 0 Å². The lowest BCUT2D eigenvalue weighted by Crippen LogP contribution is -2.60. The van der Waals surface area contributed by atoms with Crippen molar-refractivity contribution in [1.82, 2.24) is 15.1 Å². The second kappa shape index (κ2) is 9.88. The molecule has 35 heavy (non-hydrogen) atoms. The summed E-state index contributed by atoms with van der Waals surface area (Å²) in [7, 11) is 0. The number of nitrogens with zero attached hydrogens (tertiary/aromatic N) is 2. The van der Waals surface area contributed by atoms with Gasteiger partial charge in [0.2, 0.25) is 0 Å². The van der Waals surface area contributed by atoms with Crippen LogP contribution in [0.5, 0.6) is 5.75 Å². The van der Waals surface area contributed by atoms with E-state index in [1.54, 1.807) is 5.56 Å². The molecule has 4 nitrogen and oxygen atoms in total. The van der Waals surface area contributed by atoms with Crippen molar-refractivity contribution in [2.45, 2.75) is 69.9 Å². The Hall–Kier alpha value is -1.88. The largest absolute Gasteiger partial charge is 0.493 e. The molecule has 2 aromatic rings. The summed E-state index contributed by atoms with van der Waals surface area (Å²) in [6.45, 7) is 12.7. The fraction of sp³-hybridized carbons (Fsp3) is 0.613. The van der Waals surface area contributed by atoms with Crippen molar-refractivity contribution >= 4 is 0 Å². The number of nitrogens with one attached hydrogen (secondary N) is 1. The molecular weight excluding hydrogens is 430 g/mol. The Morgan fingerprint density at radius 2 is 1.71 bits per heavy atom. The van der Waals surface area contributed by atoms with Gasteiger partial charge < -0.3 is 10.1 Å². The zero-order valence-electron chi connectivity index (χ0n) is 21.7. The van der Waals surface area contributed by atoms with Gasteiger partial charge in [0.25, 0.3) is 0 Å². The molecule has 2 unspecified atom stereocenters. The van der Waals surface area contributed by atoms with Crippen LogP contribution < -0.4 is 10.1 Å². The highest BCUT2D eigenvalue weighted by Gasteiger charge is 2.49. The number of benzene rings is 2. The average molecular weight is 474 g/mol. The molecule has 3 fully saturated rings. The van der Waals surface area contributed by atoms with E-state index < -0.39 is 0 Å². The zero-order valence-corrected chi connectivity index (χ0v) is 21.7. The molecule has 1 aliphatic carbocycles. The highest BCUT2D eigenvalue weighted by molar-refractivity contribution is 5.38. The number of ether oxygens (including phenoxy) is 1. The van der Waals surface area contributed by atoms with Gasteiger partial charge in [-0.05, 0) is 79.3 Å². The minimum absolute atomic E-state index is 0.501. The molecule has 2 atom stereocenters. The maximum atomic E-state index is 5.97. The van der Waals surface area contributed by atoms with Crippen LogP contribution in [0, 0.1) is 5.41 Å². The molecular formula is C31H43N3O. The van der Waals surface area contributed by atoms with E-state index in [1.807, 2.05) is 0 Å². The van der Waals surface area contributed by atoms with Gasteiger partial charge in [-0.1, -0.05) is 56.3 Å². The Morgan fingerprint density at radius 3 is 2.51 bits per heavy atom. The summed E-state index contributed by atoms with van der Waals surface area (Å²) in [6.07, 6.45) is 6.69. The molecule has 1 saturated carbocycles. The predicted octanol–water partition coefficient (Wildman–Crippen LogP) is 5.57. The van der Waals surface area contributed by atoms with E-state index in [4.69, 9.17) is 4.74 Å². The fourth-order valence-electron chi connectivity index (χ4n) is 7.53. The molecule has 2 aromatic carbocycles. The normalized spacial score (nSPS) is 27.4. The summed E-state index contributed by atoms with van der Waals surface area (Å²) in [5.74, 6) is 2.24. The topological polar surface area (TPSA) is 27.7 Å². The maximum absolute atomic E-state index is 5.97.